The molecule has 27 heavy (non-hydrogen) atoms. The van der Waals surface area contributed by atoms with Gasteiger partial charge in [-0.05, 0) is 55.8 Å². The number of hydrogen-bond acceptors (Lipinski definition) is 6. The maximum absolute atomic E-state index is 12.5. The summed E-state index contributed by atoms with van der Waals surface area (Å²) in [4.78, 5) is 26.2. The first-order valence-corrected chi connectivity index (χ1v) is 9.65. The summed E-state index contributed by atoms with van der Waals surface area (Å²) in [5.41, 5.74) is 1.69. The normalized spacial score (nSPS) is 15.5. The van der Waals surface area contributed by atoms with E-state index in [0.29, 0.717) is 42.6 Å². The smallest absolute Gasteiger partial charge is 0.293 e. The average Bonchev–Trinajstić information content (AvgIpc) is 2.90. The maximum Gasteiger partial charge on any atom is 0.293 e. The van der Waals surface area contributed by atoms with Crippen LogP contribution in [0.1, 0.15) is 25.0 Å². The molecule has 2 amide bonds. The number of methoxy groups -OCH3 is 1. The highest BCUT2D eigenvalue weighted by atomic mass is 32.2. The van der Waals surface area contributed by atoms with E-state index in [-0.39, 0.29) is 17.7 Å². The van der Waals surface area contributed by atoms with Gasteiger partial charge in [0, 0.05) is 12.7 Å². The second kappa shape index (κ2) is 10.2. The van der Waals surface area contributed by atoms with Gasteiger partial charge in [-0.15, -0.1) is 6.58 Å². The van der Waals surface area contributed by atoms with E-state index in [1.165, 1.54) is 12.0 Å². The Morgan fingerprint density at radius 2 is 1.93 bits per heavy atom. The van der Waals surface area contributed by atoms with Crippen molar-refractivity contribution in [3.63, 3.8) is 0 Å². The van der Waals surface area contributed by atoms with Gasteiger partial charge in [0.2, 0.25) is 0 Å². The lowest BCUT2D eigenvalue weighted by Gasteiger charge is -2.16. The number of carbonyl (C=O) groups excluding carboxylic acids is 2. The van der Waals surface area contributed by atoms with Crippen LogP contribution in [0, 0.1) is 0 Å². The molecule has 0 spiro atoms. The van der Waals surface area contributed by atoms with Crippen molar-refractivity contribution < 1.29 is 23.8 Å². The van der Waals surface area contributed by atoms with E-state index in [4.69, 9.17) is 14.2 Å². The van der Waals surface area contributed by atoms with Crippen LogP contribution in [0.15, 0.2) is 29.7 Å². The van der Waals surface area contributed by atoms with Crippen LogP contribution in [0.3, 0.4) is 0 Å². The maximum atomic E-state index is 12.5. The first kappa shape index (κ1) is 21.1. The zero-order chi connectivity index (χ0) is 19.8. The molecule has 146 valence electrons. The number of benzene rings is 1. The molecule has 0 aromatic heterocycles. The Bertz CT molecular complexity index is 744. The molecule has 6 nitrogen and oxygen atoms in total. The van der Waals surface area contributed by atoms with Crippen LogP contribution < -0.4 is 9.47 Å². The highest BCUT2D eigenvalue weighted by Gasteiger charge is 2.34. The fraction of sp³-hybridized carbons (Fsp3) is 0.400. The van der Waals surface area contributed by atoms with E-state index in [2.05, 4.69) is 6.58 Å². The summed E-state index contributed by atoms with van der Waals surface area (Å²) in [6, 6.07) is 3.75. The molecular formula is C20H25NO5S. The number of allylic oxidation sites excluding steroid dienone is 1. The van der Waals surface area contributed by atoms with Crippen molar-refractivity contribution in [1.82, 2.24) is 4.90 Å². The number of hydrogen-bond donors (Lipinski definition) is 0. The molecule has 0 N–H and O–H groups in total. The van der Waals surface area contributed by atoms with Gasteiger partial charge in [0.05, 0.1) is 31.3 Å². The van der Waals surface area contributed by atoms with Gasteiger partial charge in [-0.3, -0.25) is 14.5 Å². The van der Waals surface area contributed by atoms with E-state index in [1.807, 2.05) is 26.0 Å². The Hall–Kier alpha value is -2.25. The molecule has 0 radical (unpaired) electrons. The van der Waals surface area contributed by atoms with E-state index < -0.39 is 0 Å². The number of rotatable bonds is 10. The van der Waals surface area contributed by atoms with Gasteiger partial charge in [-0.1, -0.05) is 6.08 Å². The molecule has 0 aliphatic carbocycles. The van der Waals surface area contributed by atoms with Crippen LogP contribution in [0.5, 0.6) is 11.5 Å². The SMILES string of the molecule is C=CCc1cc(/C=C2/SC(=O)N(CCOC)C2=O)cc(OCC)c1OCC. The summed E-state index contributed by atoms with van der Waals surface area (Å²) in [6.07, 6.45) is 4.10. The molecule has 1 aromatic carbocycles. The zero-order valence-electron chi connectivity index (χ0n) is 15.9. The average molecular weight is 391 g/mol. The number of nitrogens with zero attached hydrogens (tertiary/aromatic N) is 1. The number of amides is 2. The predicted octanol–water partition coefficient (Wildman–Crippen LogP) is 3.90. The van der Waals surface area contributed by atoms with Crippen molar-refractivity contribution in [2.75, 3.05) is 33.5 Å². The minimum atomic E-state index is -0.306. The van der Waals surface area contributed by atoms with Gasteiger partial charge >= 0.3 is 0 Å². The molecule has 0 bridgehead atoms. The Morgan fingerprint density at radius 1 is 1.19 bits per heavy atom. The molecule has 0 saturated carbocycles. The molecule has 1 aliphatic rings. The predicted molar refractivity (Wildman–Crippen MR) is 107 cm³/mol. The Morgan fingerprint density at radius 3 is 2.56 bits per heavy atom. The number of thioether (sulfide) groups is 1. The van der Waals surface area contributed by atoms with Crippen molar-refractivity contribution in [1.29, 1.82) is 0 Å². The molecule has 1 aliphatic heterocycles. The molecule has 0 atom stereocenters. The number of ether oxygens (including phenoxy) is 3. The summed E-state index contributed by atoms with van der Waals surface area (Å²) < 4.78 is 16.4. The molecule has 1 aromatic rings. The van der Waals surface area contributed by atoms with Crippen LogP contribution in [0.25, 0.3) is 6.08 Å². The van der Waals surface area contributed by atoms with Gasteiger partial charge in [-0.25, -0.2) is 0 Å². The summed E-state index contributed by atoms with van der Waals surface area (Å²) in [6.45, 7) is 9.17. The largest absolute Gasteiger partial charge is 0.490 e. The van der Waals surface area contributed by atoms with Crippen molar-refractivity contribution in [3.05, 3.63) is 40.8 Å². The lowest BCUT2D eigenvalue weighted by Crippen LogP contribution is -2.31. The summed E-state index contributed by atoms with van der Waals surface area (Å²) in [7, 11) is 1.53. The van der Waals surface area contributed by atoms with E-state index in [0.717, 1.165) is 22.9 Å². The van der Waals surface area contributed by atoms with Crippen molar-refractivity contribution in [3.8, 4) is 11.5 Å². The molecule has 0 unspecified atom stereocenters. The van der Waals surface area contributed by atoms with Gasteiger partial charge < -0.3 is 14.2 Å². The number of imide groups is 1. The molecule has 1 saturated heterocycles. The van der Waals surface area contributed by atoms with E-state index in [9.17, 15) is 9.59 Å². The lowest BCUT2D eigenvalue weighted by atomic mass is 10.0. The van der Waals surface area contributed by atoms with Crippen molar-refractivity contribution in [2.24, 2.45) is 0 Å². The van der Waals surface area contributed by atoms with Crippen LogP contribution in [-0.4, -0.2) is 49.5 Å². The van der Waals surface area contributed by atoms with Crippen LogP contribution in [-0.2, 0) is 16.0 Å². The third-order valence-corrected chi connectivity index (χ3v) is 4.70. The highest BCUT2D eigenvalue weighted by molar-refractivity contribution is 8.18. The molecule has 1 fully saturated rings. The Labute approximate surface area is 164 Å². The fourth-order valence-electron chi connectivity index (χ4n) is 2.67. The molecule has 7 heteroatoms. The lowest BCUT2D eigenvalue weighted by molar-refractivity contribution is -0.123. The van der Waals surface area contributed by atoms with Gasteiger partial charge in [0.25, 0.3) is 11.1 Å². The van der Waals surface area contributed by atoms with Crippen molar-refractivity contribution >= 4 is 29.0 Å². The third-order valence-electron chi connectivity index (χ3n) is 3.80. The van der Waals surface area contributed by atoms with Gasteiger partial charge in [-0.2, -0.15) is 0 Å². The standard InChI is InChI=1S/C20H25NO5S/c1-5-8-15-11-14(12-16(25-6-2)18(15)26-7-3)13-17-19(22)21(9-10-24-4)20(23)27-17/h5,11-13H,1,6-10H2,2-4H3/b17-13+. The topological polar surface area (TPSA) is 65.1 Å². The third kappa shape index (κ3) is 5.14. The Balaban J connectivity index is 2.40. The molecule has 1 heterocycles. The minimum Gasteiger partial charge on any atom is -0.490 e. The molecule has 2 rings (SSSR count). The quantitative estimate of drug-likeness (QED) is 0.445. The van der Waals surface area contributed by atoms with Gasteiger partial charge in [0.15, 0.2) is 11.5 Å². The summed E-state index contributed by atoms with van der Waals surface area (Å²) in [5.74, 6) is 0.993. The van der Waals surface area contributed by atoms with E-state index in [1.54, 1.807) is 12.2 Å². The zero-order valence-corrected chi connectivity index (χ0v) is 16.8. The van der Waals surface area contributed by atoms with Crippen molar-refractivity contribution in [2.45, 2.75) is 20.3 Å². The summed E-state index contributed by atoms with van der Waals surface area (Å²) in [5, 5.41) is -0.286. The summed E-state index contributed by atoms with van der Waals surface area (Å²) >= 11 is 0.931. The van der Waals surface area contributed by atoms with Gasteiger partial charge in [0.1, 0.15) is 0 Å². The van der Waals surface area contributed by atoms with Crippen LogP contribution in [0.2, 0.25) is 0 Å². The highest BCUT2D eigenvalue weighted by Crippen LogP contribution is 2.37. The monoisotopic (exact) mass is 391 g/mol. The first-order chi connectivity index (χ1) is 13.0. The second-order valence-electron chi connectivity index (χ2n) is 5.69. The fourth-order valence-corrected chi connectivity index (χ4v) is 3.54. The van der Waals surface area contributed by atoms with Crippen LogP contribution >= 0.6 is 11.8 Å². The number of carbonyl (C=O) groups is 2. The second-order valence-corrected chi connectivity index (χ2v) is 6.69. The first-order valence-electron chi connectivity index (χ1n) is 8.83. The van der Waals surface area contributed by atoms with Crippen LogP contribution in [0.4, 0.5) is 4.79 Å². The minimum absolute atomic E-state index is 0.244. The Kier molecular flexibility index (Phi) is 7.94. The van der Waals surface area contributed by atoms with E-state index >= 15 is 0 Å². The molecular weight excluding hydrogens is 366 g/mol.